The molecule has 0 bridgehead atoms. The number of halogens is 1. The molecule has 0 unspecified atom stereocenters. The highest BCUT2D eigenvalue weighted by Gasteiger charge is 2.06. The van der Waals surface area contributed by atoms with Crippen LogP contribution in [0.4, 0.5) is 4.39 Å². The Labute approximate surface area is 126 Å². The van der Waals surface area contributed by atoms with E-state index in [1.54, 1.807) is 16.7 Å². The van der Waals surface area contributed by atoms with Gasteiger partial charge < -0.3 is 9.40 Å². The molecule has 1 aromatic heterocycles. The molecular formula is C17H13FN2O2. The zero-order valence-electron chi connectivity index (χ0n) is 11.6. The lowest BCUT2D eigenvalue weighted by Crippen LogP contribution is -2.10. The van der Waals surface area contributed by atoms with Gasteiger partial charge in [0.1, 0.15) is 12.4 Å². The van der Waals surface area contributed by atoms with Crippen LogP contribution < -0.4 is 0 Å². The number of nitrogens with zero attached hydrogens (tertiary/aromatic N) is 2. The molecule has 0 radical (unpaired) electrons. The topological polar surface area (TPSA) is 43.6 Å². The summed E-state index contributed by atoms with van der Waals surface area (Å²) in [6, 6.07) is 15.5. The van der Waals surface area contributed by atoms with Gasteiger partial charge in [-0.3, -0.25) is 0 Å². The lowest BCUT2D eigenvalue weighted by Gasteiger charge is -2.02. The maximum Gasteiger partial charge on any atom is 0.354 e. The zero-order valence-corrected chi connectivity index (χ0v) is 11.6. The molecule has 0 saturated carbocycles. The van der Waals surface area contributed by atoms with Crippen molar-refractivity contribution in [3.63, 3.8) is 0 Å². The van der Waals surface area contributed by atoms with Crippen LogP contribution in [-0.4, -0.2) is 16.8 Å². The van der Waals surface area contributed by atoms with Crippen molar-refractivity contribution < 1.29 is 14.0 Å². The Morgan fingerprint density at radius 3 is 2.91 bits per heavy atom. The number of rotatable bonds is 4. The van der Waals surface area contributed by atoms with Crippen molar-refractivity contribution >= 4 is 23.1 Å². The summed E-state index contributed by atoms with van der Waals surface area (Å²) < 4.78 is 14.8. The molecule has 0 fully saturated rings. The second-order valence-electron chi connectivity index (χ2n) is 4.76. The fourth-order valence-electron chi connectivity index (χ4n) is 2.18. The molecule has 5 heteroatoms. The van der Waals surface area contributed by atoms with Gasteiger partial charge in [-0.05, 0) is 35.2 Å². The fourth-order valence-corrected chi connectivity index (χ4v) is 2.18. The maximum atomic E-state index is 13.0. The SMILES string of the molecule is O=C(Cn1ccc2ccccc21)ON=Cc1cccc(F)c1. The van der Waals surface area contributed by atoms with Crippen LogP contribution in [0.15, 0.2) is 65.9 Å². The van der Waals surface area contributed by atoms with Gasteiger partial charge in [0.05, 0.1) is 6.21 Å². The molecule has 110 valence electrons. The van der Waals surface area contributed by atoms with Crippen molar-refractivity contribution in [1.29, 1.82) is 0 Å². The van der Waals surface area contributed by atoms with Gasteiger partial charge in [0.25, 0.3) is 0 Å². The van der Waals surface area contributed by atoms with E-state index in [0.717, 1.165) is 10.9 Å². The lowest BCUT2D eigenvalue weighted by atomic mass is 10.2. The molecule has 0 aliphatic heterocycles. The number of aromatic nitrogens is 1. The quantitative estimate of drug-likeness (QED) is 0.421. The maximum absolute atomic E-state index is 13.0. The molecule has 2 aromatic carbocycles. The van der Waals surface area contributed by atoms with Gasteiger partial charge in [0.15, 0.2) is 0 Å². The number of benzene rings is 2. The van der Waals surface area contributed by atoms with Gasteiger partial charge >= 0.3 is 5.97 Å². The highest BCUT2D eigenvalue weighted by atomic mass is 19.1. The normalized spacial score (nSPS) is 11.1. The highest BCUT2D eigenvalue weighted by molar-refractivity contribution is 5.82. The fraction of sp³-hybridized carbons (Fsp3) is 0.0588. The van der Waals surface area contributed by atoms with Crippen molar-refractivity contribution in [3.05, 3.63) is 72.2 Å². The predicted octanol–water partition coefficient (Wildman–Crippen LogP) is 3.36. The summed E-state index contributed by atoms with van der Waals surface area (Å²) in [5, 5.41) is 4.64. The molecular weight excluding hydrogens is 283 g/mol. The van der Waals surface area contributed by atoms with E-state index in [1.807, 2.05) is 36.5 Å². The second-order valence-corrected chi connectivity index (χ2v) is 4.76. The molecule has 3 aromatic rings. The van der Waals surface area contributed by atoms with Gasteiger partial charge in [0.2, 0.25) is 0 Å². The standard InChI is InChI=1S/C17H13FN2O2/c18-15-6-3-4-13(10-15)11-19-22-17(21)12-20-9-8-14-5-1-2-7-16(14)20/h1-11H,12H2. The number of para-hydroxylation sites is 1. The average molecular weight is 296 g/mol. The number of oxime groups is 1. The Hall–Kier alpha value is -2.95. The van der Waals surface area contributed by atoms with Crippen LogP contribution in [-0.2, 0) is 16.2 Å². The molecule has 0 aliphatic carbocycles. The summed E-state index contributed by atoms with van der Waals surface area (Å²) in [5.74, 6) is -0.858. The molecule has 4 nitrogen and oxygen atoms in total. The first-order valence-corrected chi connectivity index (χ1v) is 6.75. The van der Waals surface area contributed by atoms with E-state index >= 15 is 0 Å². The first-order valence-electron chi connectivity index (χ1n) is 6.75. The van der Waals surface area contributed by atoms with Crippen LogP contribution in [0.25, 0.3) is 10.9 Å². The molecule has 22 heavy (non-hydrogen) atoms. The van der Waals surface area contributed by atoms with Crippen LogP contribution in [0.5, 0.6) is 0 Å². The number of carbonyl (C=O) groups is 1. The molecule has 0 N–H and O–H groups in total. The van der Waals surface area contributed by atoms with Crippen LogP contribution in [0.2, 0.25) is 0 Å². The summed E-state index contributed by atoms with van der Waals surface area (Å²) in [6.07, 6.45) is 3.12. The molecule has 0 aliphatic rings. The Morgan fingerprint density at radius 2 is 2.05 bits per heavy atom. The van der Waals surface area contributed by atoms with E-state index in [4.69, 9.17) is 4.84 Å². The van der Waals surface area contributed by atoms with E-state index in [2.05, 4.69) is 5.16 Å². The summed E-state index contributed by atoms with van der Waals surface area (Å²) >= 11 is 0. The van der Waals surface area contributed by atoms with Crippen molar-refractivity contribution in [3.8, 4) is 0 Å². The summed E-state index contributed by atoms with van der Waals surface area (Å²) in [6.45, 7) is 0.0635. The van der Waals surface area contributed by atoms with Gasteiger partial charge in [-0.15, -0.1) is 0 Å². The Bertz CT molecular complexity index is 839. The highest BCUT2D eigenvalue weighted by Crippen LogP contribution is 2.14. The van der Waals surface area contributed by atoms with Crippen molar-refractivity contribution in [2.45, 2.75) is 6.54 Å². The largest absolute Gasteiger partial charge is 0.354 e. The predicted molar refractivity (Wildman–Crippen MR) is 82.0 cm³/mol. The average Bonchev–Trinajstić information content (AvgIpc) is 2.91. The molecule has 0 saturated heterocycles. The van der Waals surface area contributed by atoms with E-state index in [-0.39, 0.29) is 12.4 Å². The Morgan fingerprint density at radius 1 is 1.18 bits per heavy atom. The summed E-state index contributed by atoms with van der Waals surface area (Å²) in [7, 11) is 0. The minimum atomic E-state index is -0.492. The smallest absolute Gasteiger partial charge is 0.336 e. The van der Waals surface area contributed by atoms with E-state index in [1.165, 1.54) is 18.3 Å². The van der Waals surface area contributed by atoms with Crippen LogP contribution in [0.3, 0.4) is 0 Å². The van der Waals surface area contributed by atoms with E-state index in [0.29, 0.717) is 5.56 Å². The van der Waals surface area contributed by atoms with Crippen molar-refractivity contribution in [1.82, 2.24) is 4.57 Å². The monoisotopic (exact) mass is 296 g/mol. The summed E-state index contributed by atoms with van der Waals surface area (Å²) in [5.41, 5.74) is 1.48. The van der Waals surface area contributed by atoms with Crippen LogP contribution in [0.1, 0.15) is 5.56 Å². The minimum Gasteiger partial charge on any atom is -0.336 e. The minimum absolute atomic E-state index is 0.0635. The first-order chi connectivity index (χ1) is 10.7. The summed E-state index contributed by atoms with van der Waals surface area (Å²) in [4.78, 5) is 16.6. The van der Waals surface area contributed by atoms with Crippen molar-refractivity contribution in [2.24, 2.45) is 5.16 Å². The molecule has 3 rings (SSSR count). The van der Waals surface area contributed by atoms with Crippen LogP contribution in [0, 0.1) is 5.82 Å². The number of carbonyl (C=O) groups excluding carboxylic acids is 1. The van der Waals surface area contributed by atoms with Gasteiger partial charge in [-0.25, -0.2) is 9.18 Å². The number of fused-ring (bicyclic) bond motifs is 1. The van der Waals surface area contributed by atoms with Gasteiger partial charge in [-0.1, -0.05) is 35.5 Å². The first kappa shape index (κ1) is 14.0. The Balaban J connectivity index is 1.63. The third kappa shape index (κ3) is 3.20. The van der Waals surface area contributed by atoms with Gasteiger partial charge in [0, 0.05) is 11.7 Å². The van der Waals surface area contributed by atoms with Gasteiger partial charge in [-0.2, -0.15) is 0 Å². The van der Waals surface area contributed by atoms with Crippen LogP contribution >= 0.6 is 0 Å². The number of hydrogen-bond donors (Lipinski definition) is 0. The molecule has 0 spiro atoms. The third-order valence-corrected chi connectivity index (χ3v) is 3.18. The third-order valence-electron chi connectivity index (χ3n) is 3.18. The molecule has 0 atom stereocenters. The molecule has 1 heterocycles. The molecule has 0 amide bonds. The van der Waals surface area contributed by atoms with E-state index < -0.39 is 5.97 Å². The Kier molecular flexibility index (Phi) is 3.96. The zero-order chi connectivity index (χ0) is 15.4. The van der Waals surface area contributed by atoms with Crippen molar-refractivity contribution in [2.75, 3.05) is 0 Å². The number of hydrogen-bond acceptors (Lipinski definition) is 3. The van der Waals surface area contributed by atoms with E-state index in [9.17, 15) is 9.18 Å². The lowest BCUT2D eigenvalue weighted by molar-refractivity contribution is -0.144. The second kappa shape index (κ2) is 6.22.